The predicted molar refractivity (Wildman–Crippen MR) is 88.4 cm³/mol. The van der Waals surface area contributed by atoms with Crippen molar-refractivity contribution in [2.24, 2.45) is 0 Å². The Hall–Kier alpha value is -1.09. The normalized spacial score (nSPS) is 13.2. The van der Waals surface area contributed by atoms with E-state index in [1.807, 2.05) is 18.2 Å². The average Bonchev–Trinajstić information content (AvgIpc) is 2.44. The van der Waals surface area contributed by atoms with Gasteiger partial charge in [0.25, 0.3) is 0 Å². The number of hydrogen-bond acceptors (Lipinski definition) is 2. The van der Waals surface area contributed by atoms with Crippen molar-refractivity contribution in [3.63, 3.8) is 0 Å². The largest absolute Gasteiger partial charge is 0.481 e. The van der Waals surface area contributed by atoms with Crippen molar-refractivity contribution in [1.29, 1.82) is 0 Å². The second kappa shape index (κ2) is 15.3. The molecule has 3 nitrogen and oxygen atoms in total. The Balaban J connectivity index is 3.26. The highest BCUT2D eigenvalue weighted by molar-refractivity contribution is 5.66. The molecule has 2 N–H and O–H groups in total. The molecule has 0 aliphatic carbocycles. The van der Waals surface area contributed by atoms with E-state index >= 15 is 0 Å². The molecule has 0 saturated heterocycles. The first-order valence-corrected chi connectivity index (χ1v) is 8.40. The summed E-state index contributed by atoms with van der Waals surface area (Å²) in [6, 6.07) is 0. The van der Waals surface area contributed by atoms with E-state index in [4.69, 9.17) is 5.11 Å². The number of rotatable bonds is 14. The van der Waals surface area contributed by atoms with Crippen LogP contribution < -0.4 is 0 Å². The van der Waals surface area contributed by atoms with Crippen LogP contribution in [0.15, 0.2) is 24.3 Å². The summed E-state index contributed by atoms with van der Waals surface area (Å²) in [5.41, 5.74) is 0. The van der Waals surface area contributed by atoms with Crippen LogP contribution in [0, 0.1) is 0 Å². The van der Waals surface area contributed by atoms with Crippen molar-refractivity contribution in [3.05, 3.63) is 24.3 Å². The van der Waals surface area contributed by atoms with Crippen molar-refractivity contribution < 1.29 is 15.0 Å². The second-order valence-electron chi connectivity index (χ2n) is 5.58. The average molecular weight is 296 g/mol. The summed E-state index contributed by atoms with van der Waals surface area (Å²) in [7, 11) is 0. The van der Waals surface area contributed by atoms with E-state index in [2.05, 4.69) is 13.0 Å². The summed E-state index contributed by atoms with van der Waals surface area (Å²) in [5, 5.41) is 18.0. The summed E-state index contributed by atoms with van der Waals surface area (Å²) in [4.78, 5) is 10.3. The molecule has 3 heteroatoms. The highest BCUT2D eigenvalue weighted by atomic mass is 16.4. The molecule has 0 heterocycles. The minimum Gasteiger partial charge on any atom is -0.481 e. The highest BCUT2D eigenvalue weighted by Crippen LogP contribution is 2.10. The Bertz CT molecular complexity index is 295. The molecule has 0 radical (unpaired) electrons. The fourth-order valence-electron chi connectivity index (χ4n) is 2.18. The number of hydrogen-bond donors (Lipinski definition) is 2. The molecule has 0 aromatic rings. The molecule has 0 aliphatic rings. The highest BCUT2D eigenvalue weighted by Gasteiger charge is 1.96. The minimum atomic E-state index is -0.682. The second-order valence-corrected chi connectivity index (χ2v) is 5.58. The van der Waals surface area contributed by atoms with Crippen LogP contribution in [0.25, 0.3) is 0 Å². The van der Waals surface area contributed by atoms with Crippen molar-refractivity contribution >= 4 is 5.97 Å². The number of carboxylic acid groups (broad SMARTS) is 1. The van der Waals surface area contributed by atoms with Crippen LogP contribution in [0.4, 0.5) is 0 Å². The maximum atomic E-state index is 10.3. The van der Waals surface area contributed by atoms with Crippen LogP contribution in [-0.2, 0) is 4.79 Å². The maximum Gasteiger partial charge on any atom is 0.303 e. The molecule has 21 heavy (non-hydrogen) atoms. The Kier molecular flexibility index (Phi) is 14.5. The van der Waals surface area contributed by atoms with Crippen LogP contribution in [-0.4, -0.2) is 22.3 Å². The van der Waals surface area contributed by atoms with Gasteiger partial charge in [0.2, 0.25) is 0 Å². The first-order valence-electron chi connectivity index (χ1n) is 8.40. The zero-order valence-corrected chi connectivity index (χ0v) is 13.5. The van der Waals surface area contributed by atoms with Crippen LogP contribution in [0.5, 0.6) is 0 Å². The number of unbranched alkanes of at least 4 members (excludes halogenated alkanes) is 7. The Labute approximate surface area is 129 Å². The van der Waals surface area contributed by atoms with E-state index < -0.39 is 5.97 Å². The SMILES string of the molecule is CCCC(O)/C=C/C=C/CCCCCCCCCC(=O)O. The Morgan fingerprint density at radius 1 is 1.00 bits per heavy atom. The summed E-state index contributed by atoms with van der Waals surface area (Å²) in [6.07, 6.45) is 18.8. The van der Waals surface area contributed by atoms with Gasteiger partial charge in [-0.3, -0.25) is 4.79 Å². The first-order chi connectivity index (χ1) is 10.2. The van der Waals surface area contributed by atoms with Crippen molar-refractivity contribution in [2.45, 2.75) is 83.7 Å². The Morgan fingerprint density at radius 2 is 1.62 bits per heavy atom. The Morgan fingerprint density at radius 3 is 2.24 bits per heavy atom. The quantitative estimate of drug-likeness (QED) is 0.355. The zero-order chi connectivity index (χ0) is 15.8. The zero-order valence-electron chi connectivity index (χ0n) is 13.5. The van der Waals surface area contributed by atoms with Gasteiger partial charge in [-0.05, 0) is 25.7 Å². The molecular weight excluding hydrogens is 264 g/mol. The van der Waals surface area contributed by atoms with Crippen molar-refractivity contribution in [1.82, 2.24) is 0 Å². The van der Waals surface area contributed by atoms with Crippen LogP contribution in [0.3, 0.4) is 0 Å². The van der Waals surface area contributed by atoms with Gasteiger partial charge in [-0.25, -0.2) is 0 Å². The van der Waals surface area contributed by atoms with Gasteiger partial charge in [-0.1, -0.05) is 69.8 Å². The first kappa shape index (κ1) is 19.9. The van der Waals surface area contributed by atoms with E-state index in [0.717, 1.165) is 38.5 Å². The van der Waals surface area contributed by atoms with E-state index in [1.165, 1.54) is 25.7 Å². The number of carbonyl (C=O) groups is 1. The number of carboxylic acids is 1. The van der Waals surface area contributed by atoms with E-state index in [-0.39, 0.29) is 6.10 Å². The lowest BCUT2D eigenvalue weighted by molar-refractivity contribution is -0.137. The molecule has 0 bridgehead atoms. The molecule has 0 fully saturated rings. The summed E-state index contributed by atoms with van der Waals surface area (Å²) >= 11 is 0. The topological polar surface area (TPSA) is 57.5 Å². The van der Waals surface area contributed by atoms with Crippen LogP contribution in [0.1, 0.15) is 77.6 Å². The van der Waals surface area contributed by atoms with E-state index in [9.17, 15) is 9.90 Å². The summed E-state index contributed by atoms with van der Waals surface area (Å²) in [6.45, 7) is 2.07. The smallest absolute Gasteiger partial charge is 0.303 e. The van der Waals surface area contributed by atoms with Gasteiger partial charge in [0.1, 0.15) is 0 Å². The minimum absolute atomic E-state index is 0.305. The summed E-state index contributed by atoms with van der Waals surface area (Å²) in [5.74, 6) is -0.682. The van der Waals surface area contributed by atoms with Gasteiger partial charge in [0.05, 0.1) is 6.10 Å². The molecule has 0 spiro atoms. The van der Waals surface area contributed by atoms with Crippen molar-refractivity contribution in [3.8, 4) is 0 Å². The maximum absolute atomic E-state index is 10.3. The molecule has 1 atom stereocenters. The molecule has 0 amide bonds. The lowest BCUT2D eigenvalue weighted by Gasteiger charge is -2.00. The number of aliphatic hydroxyl groups excluding tert-OH is 1. The predicted octanol–water partition coefficient (Wildman–Crippen LogP) is 4.86. The fourth-order valence-corrected chi connectivity index (χ4v) is 2.18. The molecule has 0 aromatic heterocycles. The van der Waals surface area contributed by atoms with Gasteiger partial charge in [-0.2, -0.15) is 0 Å². The van der Waals surface area contributed by atoms with Gasteiger partial charge in [0.15, 0.2) is 0 Å². The monoisotopic (exact) mass is 296 g/mol. The molecule has 0 aromatic carbocycles. The fraction of sp³-hybridized carbons (Fsp3) is 0.722. The van der Waals surface area contributed by atoms with Gasteiger partial charge in [-0.15, -0.1) is 0 Å². The van der Waals surface area contributed by atoms with Crippen LogP contribution >= 0.6 is 0 Å². The third-order valence-corrected chi connectivity index (χ3v) is 3.43. The third kappa shape index (κ3) is 16.9. The molecule has 0 saturated carbocycles. The molecule has 0 aliphatic heterocycles. The standard InChI is InChI=1S/C18H32O3/c1-2-14-17(19)15-12-10-8-6-4-3-5-7-9-11-13-16-18(20)21/h8,10,12,15,17,19H,2-7,9,11,13-14,16H2,1H3,(H,20,21)/b10-8+,15-12+. The van der Waals surface area contributed by atoms with E-state index in [0.29, 0.717) is 6.42 Å². The van der Waals surface area contributed by atoms with E-state index in [1.54, 1.807) is 0 Å². The number of aliphatic carboxylic acids is 1. The molecule has 122 valence electrons. The number of aliphatic hydroxyl groups is 1. The van der Waals surface area contributed by atoms with Crippen LogP contribution in [0.2, 0.25) is 0 Å². The lowest BCUT2D eigenvalue weighted by Crippen LogP contribution is -1.99. The van der Waals surface area contributed by atoms with Gasteiger partial charge < -0.3 is 10.2 Å². The van der Waals surface area contributed by atoms with Crippen molar-refractivity contribution in [2.75, 3.05) is 0 Å². The lowest BCUT2D eigenvalue weighted by atomic mass is 10.1. The molecule has 1 unspecified atom stereocenters. The third-order valence-electron chi connectivity index (χ3n) is 3.43. The molecule has 0 rings (SSSR count). The summed E-state index contributed by atoms with van der Waals surface area (Å²) < 4.78 is 0. The number of allylic oxidation sites excluding steroid dienone is 3. The van der Waals surface area contributed by atoms with Gasteiger partial charge in [0, 0.05) is 6.42 Å². The van der Waals surface area contributed by atoms with Gasteiger partial charge >= 0.3 is 5.97 Å². The molecular formula is C18H32O3.